The van der Waals surface area contributed by atoms with Gasteiger partial charge in [-0.25, -0.2) is 15.0 Å². The van der Waals surface area contributed by atoms with Crippen LogP contribution in [-0.2, 0) is 28.8 Å². The zero-order valence-corrected chi connectivity index (χ0v) is 56.2. The minimum absolute atomic E-state index is 0.106. The van der Waals surface area contributed by atoms with Gasteiger partial charge < -0.3 is 0 Å². The average molecular weight is 1450 g/mol. The van der Waals surface area contributed by atoms with Crippen molar-refractivity contribution in [2.45, 2.75) is 26.7 Å². The van der Waals surface area contributed by atoms with E-state index in [1.165, 1.54) is 47.4 Å². The number of rotatable bonds is 8. The minimum Gasteiger partial charge on any atom is -0.0622 e. The first-order valence-corrected chi connectivity index (χ1v) is 37.1. The Morgan fingerprint density at radius 3 is 1.24 bits per heavy atom. The Hall–Kier alpha value is -6.13. The first-order valence-electron chi connectivity index (χ1n) is 26.3. The Balaban J connectivity index is 0.000000153. The molecule has 0 fully saturated rings. The van der Waals surface area contributed by atoms with Gasteiger partial charge >= 0.3 is 35.0 Å². The molecule has 84 heavy (non-hydrogen) atoms. The molecule has 0 aliphatic carbocycles. The van der Waals surface area contributed by atoms with Gasteiger partial charge in [-0.15, -0.1) is 40.4 Å². The Kier molecular flexibility index (Phi) is 29.1. The molecule has 0 radical (unpaired) electrons. The molecular weight excluding hydrogens is 1390 g/mol. The second kappa shape index (κ2) is 37.3. The molecule has 420 valence electrons. The number of aromatic nitrogens is 3. The molecule has 0 aliphatic heterocycles. The number of hydrogen-bond acceptors (Lipinski definition) is 6. The fraction of sp³-hybridized carbons (Fsp3) is 0.0563. The molecular formula is C71H55Br2Cl2N3P2PdS3. The van der Waals surface area contributed by atoms with E-state index in [0.717, 1.165) is 53.7 Å². The molecule has 3 aromatic heterocycles. The van der Waals surface area contributed by atoms with Crippen molar-refractivity contribution in [2.24, 2.45) is 0 Å². The summed E-state index contributed by atoms with van der Waals surface area (Å²) < 4.78 is 3.49. The van der Waals surface area contributed by atoms with Crippen LogP contribution < -0.4 is 31.8 Å². The van der Waals surface area contributed by atoms with Crippen LogP contribution in [0.5, 0.6) is 0 Å². The predicted octanol–water partition coefficient (Wildman–Crippen LogP) is 18.3. The number of halogens is 4. The third-order valence-electron chi connectivity index (χ3n) is 11.9. The van der Waals surface area contributed by atoms with Crippen LogP contribution in [0, 0.1) is 36.0 Å². The fourth-order valence-electron chi connectivity index (χ4n) is 8.01. The van der Waals surface area contributed by atoms with E-state index in [0.29, 0.717) is 0 Å². The molecule has 3 heterocycles. The molecule has 0 aliphatic rings. The molecule has 0 saturated carbocycles. The number of benzene rings is 9. The third-order valence-corrected chi connectivity index (χ3v) is 20.4. The van der Waals surface area contributed by atoms with Crippen molar-refractivity contribution >= 4 is 143 Å². The van der Waals surface area contributed by atoms with Gasteiger partial charge in [-0.05, 0) is 138 Å². The van der Waals surface area contributed by atoms with Crippen molar-refractivity contribution in [3.63, 3.8) is 0 Å². The van der Waals surface area contributed by atoms with Crippen LogP contribution in [0.15, 0.2) is 275 Å². The van der Waals surface area contributed by atoms with Crippen molar-refractivity contribution in [2.75, 3.05) is 0 Å². The van der Waals surface area contributed by atoms with E-state index in [4.69, 9.17) is 25.5 Å². The quantitative estimate of drug-likeness (QED) is 0.0865. The third kappa shape index (κ3) is 21.4. The van der Waals surface area contributed by atoms with Crippen LogP contribution in [0.25, 0.3) is 10.2 Å². The number of fused-ring (bicyclic) bond motifs is 1. The zero-order valence-electron chi connectivity index (χ0n) is 45.7. The van der Waals surface area contributed by atoms with E-state index in [1.54, 1.807) is 46.4 Å². The summed E-state index contributed by atoms with van der Waals surface area (Å²) in [5, 5.41) is 14.7. The van der Waals surface area contributed by atoms with Crippen molar-refractivity contribution in [1.82, 2.24) is 15.0 Å². The summed E-state index contributed by atoms with van der Waals surface area (Å²) in [6.45, 7) is 4.27. The summed E-state index contributed by atoms with van der Waals surface area (Å²) in [7, 11) is 8.74. The number of aryl methyl sites for hydroxylation is 2. The van der Waals surface area contributed by atoms with Gasteiger partial charge in [-0.3, -0.25) is 0 Å². The maximum Gasteiger partial charge on any atom is -0.0134 e. The molecule has 0 saturated heterocycles. The predicted molar refractivity (Wildman–Crippen MR) is 373 cm³/mol. The largest absolute Gasteiger partial charge is 0.0622 e. The Morgan fingerprint density at radius 1 is 0.464 bits per heavy atom. The van der Waals surface area contributed by atoms with E-state index < -0.39 is 15.8 Å². The van der Waals surface area contributed by atoms with Gasteiger partial charge in [0.1, 0.15) is 0 Å². The average Bonchev–Trinajstić information content (AvgIpc) is 4.51. The fourth-order valence-corrected chi connectivity index (χ4v) is 15.3. The van der Waals surface area contributed by atoms with Gasteiger partial charge in [0.25, 0.3) is 0 Å². The number of thiazole rings is 3. The maximum atomic E-state index is 5.21. The summed E-state index contributed by atoms with van der Waals surface area (Å²) in [4.78, 5) is 12.6. The molecule has 0 spiro atoms. The van der Waals surface area contributed by atoms with E-state index in [-0.39, 0.29) is 15.9 Å². The first-order chi connectivity index (χ1) is 41.3. The van der Waals surface area contributed by atoms with Gasteiger partial charge in [0.2, 0.25) is 0 Å². The molecule has 0 amide bonds. The van der Waals surface area contributed by atoms with Crippen molar-refractivity contribution < 1.29 is 15.9 Å². The monoisotopic (exact) mass is 1440 g/mol. The summed E-state index contributed by atoms with van der Waals surface area (Å²) >= 11 is 11.4. The van der Waals surface area contributed by atoms with E-state index >= 15 is 0 Å². The molecule has 9 aromatic carbocycles. The number of nitrogens with zero attached hydrogens (tertiary/aromatic N) is 3. The zero-order chi connectivity index (χ0) is 59.0. The Morgan fingerprint density at radius 2 is 0.869 bits per heavy atom. The molecule has 12 aromatic rings. The molecule has 0 bridgehead atoms. The van der Waals surface area contributed by atoms with Gasteiger partial charge in [0, 0.05) is 43.2 Å². The topological polar surface area (TPSA) is 38.7 Å². The molecule has 13 heteroatoms. The summed E-state index contributed by atoms with van der Waals surface area (Å²) in [6, 6.07) is 84.9. The Bertz CT molecular complexity index is 3650. The van der Waals surface area contributed by atoms with Crippen LogP contribution in [0.1, 0.15) is 51.1 Å². The van der Waals surface area contributed by atoms with Crippen LogP contribution in [0.4, 0.5) is 0 Å². The SMILES string of the molecule is C#Cc1nc2ccccc2s1.CCc1cc(Br)ccc1Br.CCc1cc(C#Cc2nccs2)ccc1C#Cc1nccs1.[Cl][Pd][Cl].c1ccc(P(c2ccccc2)c2ccccc2)cc1.c1ccc(P(c2ccccc2)c2ccccc2)cc1. The van der Waals surface area contributed by atoms with E-state index in [1.807, 2.05) is 53.2 Å². The summed E-state index contributed by atoms with van der Waals surface area (Å²) in [5.74, 6) is 15.1. The van der Waals surface area contributed by atoms with E-state index in [9.17, 15) is 0 Å². The minimum atomic E-state index is -0.446. The second-order valence-electron chi connectivity index (χ2n) is 17.3. The first kappa shape index (κ1) is 65.4. The number of para-hydroxylation sites is 1. The number of terminal acetylenes is 1. The number of hydrogen-bond donors (Lipinski definition) is 0. The Labute approximate surface area is 543 Å². The standard InChI is InChI=1S/C18H12N2S2.2C18H15P.C9H5NS.C8H8Br2.2ClH.Pd/c1-2-15-13-14(4-7-17-19-9-11-21-17)3-5-16(15)6-8-18-20-10-12-22-18;2*1-4-10-16(11-5-1)19(17-12-6-2-7-13-17)18-14-8-3-9-15-18;1-2-9-10-7-5-3-4-6-8(7)11-9;1-2-6-5-7(9)3-4-8(6)10;;;/h3,5,9-13H,2H2,1H3;2*1-15H;1,3-6H;3-5H,2H2,1H3;2*1H;/q;;;;;;;+2/p-2. The second-order valence-corrected chi connectivity index (χ2v) is 28.7. The van der Waals surface area contributed by atoms with Gasteiger partial charge in [-0.1, -0.05) is 252 Å². The van der Waals surface area contributed by atoms with Crippen molar-refractivity contribution in [1.29, 1.82) is 0 Å². The van der Waals surface area contributed by atoms with Gasteiger partial charge in [0.05, 0.1) is 10.2 Å². The summed E-state index contributed by atoms with van der Waals surface area (Å²) in [6.07, 6.45) is 10.7. The van der Waals surface area contributed by atoms with Crippen molar-refractivity contribution in [3.8, 4) is 36.0 Å². The molecule has 0 unspecified atom stereocenters. The van der Waals surface area contributed by atoms with Crippen LogP contribution in [0.2, 0.25) is 0 Å². The van der Waals surface area contributed by atoms with Crippen molar-refractivity contribution in [3.05, 3.63) is 312 Å². The van der Waals surface area contributed by atoms with Crippen LogP contribution in [-0.4, -0.2) is 15.0 Å². The van der Waals surface area contributed by atoms with Gasteiger partial charge in [0.15, 0.2) is 15.0 Å². The molecule has 0 atom stereocenters. The molecule has 3 nitrogen and oxygen atoms in total. The smallest absolute Gasteiger partial charge is 0.0134 e. The maximum absolute atomic E-state index is 5.21. The van der Waals surface area contributed by atoms with Gasteiger partial charge in [-0.2, -0.15) is 0 Å². The molecule has 0 N–H and O–H groups in total. The molecule has 12 rings (SSSR count). The normalized spacial score (nSPS) is 9.99. The van der Waals surface area contributed by atoms with Crippen LogP contribution in [0.3, 0.4) is 0 Å². The summed E-state index contributed by atoms with van der Waals surface area (Å²) in [5.41, 5.74) is 5.57. The van der Waals surface area contributed by atoms with Crippen LogP contribution >= 0.6 is 101 Å². The van der Waals surface area contributed by atoms with E-state index in [2.05, 4.69) is 290 Å².